The molecule has 0 radical (unpaired) electrons. The van der Waals surface area contributed by atoms with Crippen LogP contribution in [0.4, 0.5) is 0 Å². The number of thiazole rings is 1. The molecule has 144 valence electrons. The van der Waals surface area contributed by atoms with Crippen molar-refractivity contribution in [3.05, 3.63) is 40.2 Å². The van der Waals surface area contributed by atoms with E-state index in [4.69, 9.17) is 4.74 Å². The van der Waals surface area contributed by atoms with E-state index in [1.54, 1.807) is 18.3 Å². The van der Waals surface area contributed by atoms with E-state index in [9.17, 15) is 9.59 Å². The number of aromatic nitrogens is 1. The predicted octanol–water partition coefficient (Wildman–Crippen LogP) is 4.96. The lowest BCUT2D eigenvalue weighted by Gasteiger charge is -2.35. The van der Waals surface area contributed by atoms with Crippen molar-refractivity contribution in [3.8, 4) is 11.3 Å². The van der Waals surface area contributed by atoms with Gasteiger partial charge in [-0.25, -0.2) is 4.98 Å². The van der Waals surface area contributed by atoms with E-state index < -0.39 is 0 Å². The van der Waals surface area contributed by atoms with Crippen molar-refractivity contribution in [1.82, 2.24) is 4.98 Å². The molecular weight excluding hydrogens is 358 g/mol. The van der Waals surface area contributed by atoms with E-state index in [1.165, 1.54) is 0 Å². The van der Waals surface area contributed by atoms with Crippen molar-refractivity contribution >= 4 is 22.9 Å². The average molecular weight is 386 g/mol. The molecule has 1 aromatic carbocycles. The van der Waals surface area contributed by atoms with Gasteiger partial charge in [-0.05, 0) is 38.7 Å². The number of ketones is 2. The molecule has 0 aliphatic carbocycles. The number of rotatable bonds is 7. The molecule has 0 amide bonds. The molecule has 1 atom stereocenters. The lowest BCUT2D eigenvalue weighted by atomic mass is 9.72. The van der Waals surface area contributed by atoms with Crippen molar-refractivity contribution in [2.24, 2.45) is 5.41 Å². The second-order valence-electron chi connectivity index (χ2n) is 7.51. The van der Waals surface area contributed by atoms with Crippen LogP contribution in [0.15, 0.2) is 29.6 Å². The number of nitrogens with zero attached hydrogens (tertiary/aromatic N) is 1. The summed E-state index contributed by atoms with van der Waals surface area (Å²) in [5, 5.41) is 3.10. The number of carbonyl (C=O) groups excluding carboxylic acids is 2. The minimum atomic E-state index is -0.375. The minimum absolute atomic E-state index is 0.167. The molecule has 4 nitrogen and oxygen atoms in total. The molecule has 1 aromatic heterocycles. The summed E-state index contributed by atoms with van der Waals surface area (Å²) in [6.45, 7) is 6.82. The Kier molecular flexibility index (Phi) is 6.22. The SMILES string of the molecule is CC(=O)C1(CCC(=O)C(C)c2ccc(-c3csc(C)n3)cc2)CCOCC1. The van der Waals surface area contributed by atoms with Crippen molar-refractivity contribution in [1.29, 1.82) is 0 Å². The summed E-state index contributed by atoms with van der Waals surface area (Å²) < 4.78 is 5.41. The Morgan fingerprint density at radius 3 is 2.44 bits per heavy atom. The summed E-state index contributed by atoms with van der Waals surface area (Å²) in [5.74, 6) is 0.216. The highest BCUT2D eigenvalue weighted by Crippen LogP contribution is 2.37. The zero-order chi connectivity index (χ0) is 19.4. The Bertz CT molecular complexity index is 803. The fourth-order valence-electron chi connectivity index (χ4n) is 3.74. The van der Waals surface area contributed by atoms with Crippen LogP contribution in [-0.2, 0) is 14.3 Å². The van der Waals surface area contributed by atoms with Gasteiger partial charge in [-0.15, -0.1) is 11.3 Å². The smallest absolute Gasteiger partial charge is 0.140 e. The van der Waals surface area contributed by atoms with Gasteiger partial charge in [0.15, 0.2) is 0 Å². The first-order chi connectivity index (χ1) is 12.9. The van der Waals surface area contributed by atoms with Crippen LogP contribution < -0.4 is 0 Å². The number of Topliss-reactive ketones (excluding diaryl/α,β-unsaturated/α-hetero) is 2. The molecule has 0 bridgehead atoms. The molecule has 27 heavy (non-hydrogen) atoms. The van der Waals surface area contributed by atoms with Gasteiger partial charge in [-0.2, -0.15) is 0 Å². The second-order valence-corrected chi connectivity index (χ2v) is 8.57. The van der Waals surface area contributed by atoms with E-state index in [1.807, 2.05) is 43.5 Å². The quantitative estimate of drug-likeness (QED) is 0.676. The Morgan fingerprint density at radius 2 is 1.89 bits per heavy atom. The number of ether oxygens (including phenoxy) is 1. The first kappa shape index (κ1) is 19.9. The van der Waals surface area contributed by atoms with Crippen LogP contribution in [0.25, 0.3) is 11.3 Å². The zero-order valence-electron chi connectivity index (χ0n) is 16.3. The zero-order valence-corrected chi connectivity index (χ0v) is 17.1. The van der Waals surface area contributed by atoms with Gasteiger partial charge >= 0.3 is 0 Å². The highest BCUT2D eigenvalue weighted by molar-refractivity contribution is 7.09. The molecule has 1 unspecified atom stereocenters. The normalized spacial score (nSPS) is 17.4. The number of hydrogen-bond donors (Lipinski definition) is 0. The molecular formula is C22H27NO3S. The van der Waals surface area contributed by atoms with E-state index in [-0.39, 0.29) is 22.9 Å². The van der Waals surface area contributed by atoms with E-state index in [2.05, 4.69) is 4.98 Å². The van der Waals surface area contributed by atoms with Crippen LogP contribution in [0.3, 0.4) is 0 Å². The molecule has 0 N–H and O–H groups in total. The summed E-state index contributed by atoms with van der Waals surface area (Å²) in [7, 11) is 0. The second kappa shape index (κ2) is 8.44. The van der Waals surface area contributed by atoms with Crippen LogP contribution in [-0.4, -0.2) is 29.8 Å². The monoisotopic (exact) mass is 385 g/mol. The molecule has 5 heteroatoms. The molecule has 1 fully saturated rings. The van der Waals surface area contributed by atoms with Crippen LogP contribution >= 0.6 is 11.3 Å². The van der Waals surface area contributed by atoms with Gasteiger partial charge in [0, 0.05) is 41.9 Å². The van der Waals surface area contributed by atoms with E-state index in [0.29, 0.717) is 26.1 Å². The van der Waals surface area contributed by atoms with E-state index >= 15 is 0 Å². The average Bonchev–Trinajstić information content (AvgIpc) is 3.12. The van der Waals surface area contributed by atoms with Gasteiger partial charge in [0.2, 0.25) is 0 Å². The highest BCUT2D eigenvalue weighted by atomic mass is 32.1. The lowest BCUT2D eigenvalue weighted by molar-refractivity contribution is -0.133. The minimum Gasteiger partial charge on any atom is -0.381 e. The van der Waals surface area contributed by atoms with Gasteiger partial charge < -0.3 is 4.74 Å². The van der Waals surface area contributed by atoms with Crippen LogP contribution in [0.5, 0.6) is 0 Å². The Morgan fingerprint density at radius 1 is 1.22 bits per heavy atom. The third kappa shape index (κ3) is 4.53. The topological polar surface area (TPSA) is 56.3 Å². The summed E-state index contributed by atoms with van der Waals surface area (Å²) in [6, 6.07) is 8.09. The Balaban J connectivity index is 1.63. The van der Waals surface area contributed by atoms with Gasteiger partial charge in [0.05, 0.1) is 10.7 Å². The van der Waals surface area contributed by atoms with Crippen molar-refractivity contribution in [2.75, 3.05) is 13.2 Å². The largest absolute Gasteiger partial charge is 0.381 e. The summed E-state index contributed by atoms with van der Waals surface area (Å²) in [4.78, 5) is 29.4. The van der Waals surface area contributed by atoms with E-state index in [0.717, 1.165) is 34.7 Å². The standard InChI is InChI=1S/C22H27NO3S/c1-15(18-4-6-19(7-5-18)20-14-27-17(3)23-20)21(25)8-9-22(16(2)24)10-12-26-13-11-22/h4-7,14-15H,8-13H2,1-3H3. The van der Waals surface area contributed by atoms with Gasteiger partial charge in [-0.3, -0.25) is 9.59 Å². The molecule has 0 spiro atoms. The molecule has 1 aliphatic rings. The number of hydrogen-bond acceptors (Lipinski definition) is 5. The summed E-state index contributed by atoms with van der Waals surface area (Å²) in [5.41, 5.74) is 2.69. The number of carbonyl (C=O) groups is 2. The fourth-order valence-corrected chi connectivity index (χ4v) is 4.37. The Hall–Kier alpha value is -1.85. The van der Waals surface area contributed by atoms with Gasteiger partial charge in [0.1, 0.15) is 11.6 Å². The Labute approximate surface area is 165 Å². The number of benzene rings is 1. The molecule has 2 aromatic rings. The molecule has 1 saturated heterocycles. The van der Waals surface area contributed by atoms with Gasteiger partial charge in [-0.1, -0.05) is 31.2 Å². The maximum atomic E-state index is 12.8. The third-order valence-electron chi connectivity index (χ3n) is 5.86. The first-order valence-corrected chi connectivity index (χ1v) is 10.4. The third-order valence-corrected chi connectivity index (χ3v) is 6.63. The molecule has 2 heterocycles. The van der Waals surface area contributed by atoms with Crippen molar-refractivity contribution < 1.29 is 14.3 Å². The van der Waals surface area contributed by atoms with Crippen molar-refractivity contribution in [3.63, 3.8) is 0 Å². The molecule has 0 saturated carbocycles. The maximum absolute atomic E-state index is 12.8. The number of aryl methyl sites for hydroxylation is 1. The summed E-state index contributed by atoms with van der Waals surface area (Å²) in [6.07, 6.45) is 2.52. The maximum Gasteiger partial charge on any atom is 0.140 e. The lowest BCUT2D eigenvalue weighted by Crippen LogP contribution is -2.36. The fraction of sp³-hybridized carbons (Fsp3) is 0.500. The van der Waals surface area contributed by atoms with Crippen LogP contribution in [0, 0.1) is 12.3 Å². The predicted molar refractivity (Wildman–Crippen MR) is 108 cm³/mol. The van der Waals surface area contributed by atoms with Gasteiger partial charge in [0.25, 0.3) is 0 Å². The highest BCUT2D eigenvalue weighted by Gasteiger charge is 2.37. The van der Waals surface area contributed by atoms with Crippen LogP contribution in [0.2, 0.25) is 0 Å². The molecule has 3 rings (SSSR count). The first-order valence-electron chi connectivity index (χ1n) is 9.55. The van der Waals surface area contributed by atoms with Crippen LogP contribution in [0.1, 0.15) is 56.0 Å². The summed E-state index contributed by atoms with van der Waals surface area (Å²) >= 11 is 1.63. The van der Waals surface area contributed by atoms with Crippen molar-refractivity contribution in [2.45, 2.75) is 52.4 Å². The molecule has 1 aliphatic heterocycles.